The summed E-state index contributed by atoms with van der Waals surface area (Å²) in [6.07, 6.45) is 3.41. The third-order valence-electron chi connectivity index (χ3n) is 7.58. The molecule has 1 atom stereocenters. The number of benzene rings is 2. The zero-order valence-corrected chi connectivity index (χ0v) is 25.8. The molecule has 0 fully saturated rings. The minimum Gasteiger partial charge on any atom is -0.490 e. The minimum atomic E-state index is -0.742. The van der Waals surface area contributed by atoms with Gasteiger partial charge in [-0.1, -0.05) is 29.5 Å². The van der Waals surface area contributed by atoms with Gasteiger partial charge in [-0.2, -0.15) is 0 Å². The van der Waals surface area contributed by atoms with Crippen LogP contribution < -0.4 is 24.4 Å². The smallest absolute Gasteiger partial charge is 0.337 e. The molecule has 2 aromatic carbocycles. The molecule has 9 heteroatoms. The molecule has 0 saturated heterocycles. The zero-order chi connectivity index (χ0) is 30.1. The predicted molar refractivity (Wildman–Crippen MR) is 165 cm³/mol. The first-order valence-electron chi connectivity index (χ1n) is 13.9. The molecule has 3 heterocycles. The Kier molecular flexibility index (Phi) is 8.22. The highest BCUT2D eigenvalue weighted by Gasteiger charge is 2.31. The van der Waals surface area contributed by atoms with E-state index in [1.165, 1.54) is 35.8 Å². The third kappa shape index (κ3) is 5.09. The number of hydrogen-bond donors (Lipinski definition) is 0. The molecule has 1 aliphatic rings. The molecule has 0 aliphatic carbocycles. The lowest BCUT2D eigenvalue weighted by Crippen LogP contribution is -2.39. The van der Waals surface area contributed by atoms with Gasteiger partial charge in [0, 0.05) is 23.3 Å². The van der Waals surface area contributed by atoms with Gasteiger partial charge >= 0.3 is 5.97 Å². The summed E-state index contributed by atoms with van der Waals surface area (Å²) in [6.45, 7) is 13.1. The first-order chi connectivity index (χ1) is 20.2. The summed E-state index contributed by atoms with van der Waals surface area (Å²) >= 11 is 1.29. The largest absolute Gasteiger partial charge is 0.490 e. The number of rotatable bonds is 8. The number of fused-ring (bicyclic) bond motifs is 1. The molecular weight excluding hydrogens is 550 g/mol. The van der Waals surface area contributed by atoms with Crippen molar-refractivity contribution in [1.82, 2.24) is 9.13 Å². The fourth-order valence-corrected chi connectivity index (χ4v) is 6.37. The van der Waals surface area contributed by atoms with Crippen molar-refractivity contribution in [3.05, 3.63) is 108 Å². The molecule has 0 N–H and O–H groups in total. The number of esters is 1. The van der Waals surface area contributed by atoms with Crippen LogP contribution in [0.1, 0.15) is 53.5 Å². The van der Waals surface area contributed by atoms with E-state index in [2.05, 4.69) is 61.5 Å². The van der Waals surface area contributed by atoms with E-state index >= 15 is 0 Å². The number of carbonyl (C=O) groups is 1. The van der Waals surface area contributed by atoms with Crippen LogP contribution in [0, 0.1) is 27.7 Å². The van der Waals surface area contributed by atoms with Crippen LogP contribution in [0.5, 0.6) is 11.5 Å². The van der Waals surface area contributed by atoms with E-state index in [0.29, 0.717) is 39.6 Å². The third-order valence-corrected chi connectivity index (χ3v) is 8.58. The Morgan fingerprint density at radius 3 is 2.48 bits per heavy atom. The van der Waals surface area contributed by atoms with Crippen molar-refractivity contribution in [2.75, 3.05) is 20.3 Å². The normalized spacial score (nSPS) is 14.7. The monoisotopic (exact) mass is 585 g/mol. The average molecular weight is 586 g/mol. The van der Waals surface area contributed by atoms with Crippen molar-refractivity contribution >= 4 is 23.4 Å². The van der Waals surface area contributed by atoms with E-state index in [9.17, 15) is 9.59 Å². The van der Waals surface area contributed by atoms with Crippen LogP contribution in [-0.2, 0) is 9.53 Å². The maximum Gasteiger partial charge on any atom is 0.337 e. The van der Waals surface area contributed by atoms with Crippen LogP contribution in [0.2, 0.25) is 0 Å². The fourth-order valence-electron chi connectivity index (χ4n) is 5.41. The number of aryl methyl sites for hydroxylation is 2. The van der Waals surface area contributed by atoms with Gasteiger partial charge in [-0.25, -0.2) is 9.79 Å². The van der Waals surface area contributed by atoms with Crippen LogP contribution in [0.3, 0.4) is 0 Å². The number of methoxy groups -OCH3 is 1. The van der Waals surface area contributed by atoms with E-state index in [1.807, 2.05) is 32.1 Å². The summed E-state index contributed by atoms with van der Waals surface area (Å²) in [5.41, 5.74) is 7.32. The molecule has 5 rings (SSSR count). The summed E-state index contributed by atoms with van der Waals surface area (Å²) in [4.78, 5) is 31.9. The molecule has 0 spiro atoms. The van der Waals surface area contributed by atoms with E-state index in [0.717, 1.165) is 22.6 Å². The van der Waals surface area contributed by atoms with E-state index < -0.39 is 12.0 Å². The summed E-state index contributed by atoms with van der Waals surface area (Å²) in [5, 5.41) is 0. The molecule has 42 heavy (non-hydrogen) atoms. The second-order valence-electron chi connectivity index (χ2n) is 10.1. The van der Waals surface area contributed by atoms with Gasteiger partial charge < -0.3 is 18.8 Å². The molecule has 0 saturated carbocycles. The highest BCUT2D eigenvalue weighted by molar-refractivity contribution is 7.07. The van der Waals surface area contributed by atoms with Crippen molar-refractivity contribution in [1.29, 1.82) is 0 Å². The lowest BCUT2D eigenvalue weighted by Gasteiger charge is -2.23. The van der Waals surface area contributed by atoms with Crippen molar-refractivity contribution in [2.24, 2.45) is 4.99 Å². The molecular formula is C33H35N3O5S. The van der Waals surface area contributed by atoms with Gasteiger partial charge in [-0.3, -0.25) is 9.36 Å². The topological polar surface area (TPSA) is 84.0 Å². The Morgan fingerprint density at radius 1 is 1.02 bits per heavy atom. The lowest BCUT2D eigenvalue weighted by atomic mass is 9.97. The Bertz CT molecular complexity index is 1890. The lowest BCUT2D eigenvalue weighted by molar-refractivity contribution is -0.136. The van der Waals surface area contributed by atoms with Gasteiger partial charge in [0.2, 0.25) is 0 Å². The van der Waals surface area contributed by atoms with Gasteiger partial charge in [0.25, 0.3) is 5.56 Å². The maximum atomic E-state index is 14.1. The zero-order valence-electron chi connectivity index (χ0n) is 25.0. The van der Waals surface area contributed by atoms with E-state index in [4.69, 9.17) is 14.2 Å². The summed E-state index contributed by atoms with van der Waals surface area (Å²) in [7, 11) is 1.32. The summed E-state index contributed by atoms with van der Waals surface area (Å²) in [5.74, 6) is 0.583. The highest BCUT2D eigenvalue weighted by atomic mass is 32.1. The van der Waals surface area contributed by atoms with Gasteiger partial charge in [-0.05, 0) is 94.1 Å². The van der Waals surface area contributed by atoms with Gasteiger partial charge in [0.1, 0.15) is 0 Å². The second-order valence-corrected chi connectivity index (χ2v) is 11.1. The Balaban J connectivity index is 1.67. The van der Waals surface area contributed by atoms with E-state index in [-0.39, 0.29) is 11.1 Å². The fraction of sp³-hybridized carbons (Fsp3) is 0.303. The summed E-state index contributed by atoms with van der Waals surface area (Å²) < 4.78 is 21.0. The van der Waals surface area contributed by atoms with Crippen molar-refractivity contribution in [2.45, 2.75) is 47.6 Å². The molecule has 1 aliphatic heterocycles. The number of nitrogens with zero attached hydrogens (tertiary/aromatic N) is 3. The number of thiazole rings is 1. The number of carbonyl (C=O) groups excluding carboxylic acids is 1. The molecule has 0 bridgehead atoms. The first-order valence-corrected chi connectivity index (χ1v) is 14.8. The second kappa shape index (κ2) is 11.9. The molecule has 0 radical (unpaired) electrons. The van der Waals surface area contributed by atoms with Gasteiger partial charge in [-0.15, -0.1) is 0 Å². The van der Waals surface area contributed by atoms with Gasteiger partial charge in [0.15, 0.2) is 16.3 Å². The number of ether oxygens (including phenoxy) is 3. The van der Waals surface area contributed by atoms with Crippen LogP contribution >= 0.6 is 11.3 Å². The van der Waals surface area contributed by atoms with Crippen molar-refractivity contribution < 1.29 is 19.0 Å². The minimum absolute atomic E-state index is 0.235. The van der Waals surface area contributed by atoms with Crippen LogP contribution in [0.4, 0.5) is 0 Å². The first kappa shape index (κ1) is 29.1. The van der Waals surface area contributed by atoms with E-state index in [1.54, 1.807) is 10.6 Å². The molecule has 0 unspecified atom stereocenters. The Labute approximate surface area is 248 Å². The Hall–Kier alpha value is -4.37. The molecule has 2 aromatic heterocycles. The molecule has 8 nitrogen and oxygen atoms in total. The summed E-state index contributed by atoms with van der Waals surface area (Å²) in [6, 6.07) is 13.1. The number of hydrogen-bond acceptors (Lipinski definition) is 7. The Morgan fingerprint density at radius 2 is 1.76 bits per heavy atom. The molecule has 0 amide bonds. The molecule has 4 aromatic rings. The van der Waals surface area contributed by atoms with Crippen molar-refractivity contribution in [3.63, 3.8) is 0 Å². The SMILES string of the molecule is CCOc1ccc([C@@H]2C(C(=O)OC)=CN=c3s/c(=C\c4cc(C)n(-c5cccc(C)c5C)c4C)c(=O)n32)cc1OCC. The molecule has 218 valence electrons. The number of aromatic nitrogens is 2. The van der Waals surface area contributed by atoms with Crippen LogP contribution in [-0.4, -0.2) is 35.4 Å². The van der Waals surface area contributed by atoms with Crippen molar-refractivity contribution in [3.8, 4) is 17.2 Å². The highest BCUT2D eigenvalue weighted by Crippen LogP contribution is 2.35. The van der Waals surface area contributed by atoms with Crippen LogP contribution in [0.15, 0.2) is 64.0 Å². The predicted octanol–water partition coefficient (Wildman–Crippen LogP) is 4.84. The quantitative estimate of drug-likeness (QED) is 0.277. The van der Waals surface area contributed by atoms with Crippen LogP contribution in [0.25, 0.3) is 11.8 Å². The maximum absolute atomic E-state index is 14.1. The average Bonchev–Trinajstić information content (AvgIpc) is 3.44. The standard InChI is InChI=1S/C33H35N3O5S/c1-8-40-27-14-13-23(16-28(27)41-9-2)30-25(32(38)39-7)18-34-33-36(30)31(37)29(42-33)17-24-15-20(4)35(22(24)6)26-12-10-11-19(3)21(26)5/h10-18,30H,8-9H2,1-7H3/b29-17-/t30-/m1/s1. The van der Waals surface area contributed by atoms with Gasteiger partial charge in [0.05, 0.1) is 36.5 Å².